The Morgan fingerprint density at radius 2 is 1.78 bits per heavy atom. The molecule has 3 aromatic carbocycles. The first kappa shape index (κ1) is 32.7. The SMILES string of the molecule is COc1cc(C(C)(C)c2cnc(SCc3ccc(S(=O)(=O)NC(=O)NN4CCCC4)cc3Cl)n2-c2ccc(F)cc2)ccc1F. The zero-order valence-electron chi connectivity index (χ0n) is 24.8. The van der Waals surface area contributed by atoms with Gasteiger partial charge in [-0.1, -0.05) is 49.3 Å². The number of nitrogens with zero attached hydrogens (tertiary/aromatic N) is 3. The number of hydrazine groups is 1. The van der Waals surface area contributed by atoms with Crippen LogP contribution in [0, 0.1) is 11.6 Å². The Kier molecular flexibility index (Phi) is 9.73. The van der Waals surface area contributed by atoms with E-state index in [9.17, 15) is 22.0 Å². The molecule has 45 heavy (non-hydrogen) atoms. The van der Waals surface area contributed by atoms with E-state index in [0.717, 1.165) is 24.1 Å². The molecule has 1 aliphatic heterocycles. The van der Waals surface area contributed by atoms with Gasteiger partial charge in [0.25, 0.3) is 10.0 Å². The van der Waals surface area contributed by atoms with Gasteiger partial charge in [-0.3, -0.25) is 9.99 Å². The van der Waals surface area contributed by atoms with E-state index in [1.54, 1.807) is 41.5 Å². The molecule has 1 aromatic heterocycles. The fourth-order valence-corrected chi connectivity index (χ4v) is 7.36. The zero-order valence-corrected chi connectivity index (χ0v) is 27.2. The maximum Gasteiger partial charge on any atom is 0.343 e. The Morgan fingerprint density at radius 3 is 2.44 bits per heavy atom. The highest BCUT2D eigenvalue weighted by molar-refractivity contribution is 7.98. The summed E-state index contributed by atoms with van der Waals surface area (Å²) in [4.78, 5) is 16.8. The van der Waals surface area contributed by atoms with Crippen LogP contribution in [-0.4, -0.2) is 49.2 Å². The number of rotatable bonds is 10. The molecule has 238 valence electrons. The number of sulfonamides is 1. The molecule has 2 N–H and O–H groups in total. The van der Waals surface area contributed by atoms with Crippen LogP contribution in [0.15, 0.2) is 76.9 Å². The molecule has 1 aliphatic rings. The van der Waals surface area contributed by atoms with Crippen molar-refractivity contribution in [3.05, 3.63) is 100 Å². The van der Waals surface area contributed by atoms with Gasteiger partial charge in [-0.05, 0) is 72.5 Å². The molecule has 0 atom stereocenters. The summed E-state index contributed by atoms with van der Waals surface area (Å²) in [5.41, 5.74) is 4.70. The second-order valence-electron chi connectivity index (χ2n) is 11.0. The van der Waals surface area contributed by atoms with E-state index in [1.165, 1.54) is 49.2 Å². The largest absolute Gasteiger partial charge is 0.494 e. The van der Waals surface area contributed by atoms with Crippen LogP contribution >= 0.6 is 23.4 Å². The smallest absolute Gasteiger partial charge is 0.343 e. The Morgan fingerprint density at radius 1 is 1.07 bits per heavy atom. The summed E-state index contributed by atoms with van der Waals surface area (Å²) >= 11 is 7.87. The van der Waals surface area contributed by atoms with Crippen LogP contribution in [-0.2, 0) is 21.2 Å². The number of nitrogens with one attached hydrogen (secondary N) is 2. The lowest BCUT2D eigenvalue weighted by Gasteiger charge is -2.28. The first-order chi connectivity index (χ1) is 21.4. The average Bonchev–Trinajstić information content (AvgIpc) is 3.67. The third kappa shape index (κ3) is 7.27. The van der Waals surface area contributed by atoms with Crippen LogP contribution in [0.25, 0.3) is 5.69 Å². The van der Waals surface area contributed by atoms with Crippen LogP contribution in [0.5, 0.6) is 5.75 Å². The van der Waals surface area contributed by atoms with E-state index in [1.807, 2.05) is 23.1 Å². The molecule has 5 rings (SSSR count). The van der Waals surface area contributed by atoms with Gasteiger partial charge in [-0.15, -0.1) is 0 Å². The zero-order chi connectivity index (χ0) is 32.4. The maximum atomic E-state index is 14.2. The van der Waals surface area contributed by atoms with Crippen molar-refractivity contribution in [2.45, 2.75) is 47.9 Å². The van der Waals surface area contributed by atoms with E-state index in [-0.39, 0.29) is 21.5 Å². The number of urea groups is 1. The van der Waals surface area contributed by atoms with Crippen LogP contribution in [0.4, 0.5) is 13.6 Å². The molecule has 0 spiro atoms. The average molecular weight is 676 g/mol. The lowest BCUT2D eigenvalue weighted by atomic mass is 9.81. The van der Waals surface area contributed by atoms with Crippen molar-refractivity contribution in [2.24, 2.45) is 0 Å². The van der Waals surface area contributed by atoms with Crippen molar-refractivity contribution in [2.75, 3.05) is 20.2 Å². The predicted octanol–water partition coefficient (Wildman–Crippen LogP) is 6.43. The summed E-state index contributed by atoms with van der Waals surface area (Å²) in [7, 11) is -2.76. The summed E-state index contributed by atoms with van der Waals surface area (Å²) < 4.78 is 62.9. The Balaban J connectivity index is 1.40. The molecule has 9 nitrogen and oxygen atoms in total. The standard InChI is InChI=1S/C31H32ClF2N5O4S2/c1-31(2,21-7-13-26(34)27(16-21)43-3)28-18-35-30(39(28)23-10-8-22(33)9-11-23)44-19-20-6-12-24(17-25(20)32)45(41,42)37-29(40)36-38-14-4-5-15-38/h6-13,16-18H,4-5,14-15,19H2,1-3H3,(H2,36,37,40). The van der Waals surface area contributed by atoms with E-state index in [0.29, 0.717) is 35.2 Å². The number of benzene rings is 3. The first-order valence-corrected chi connectivity index (χ1v) is 16.9. The summed E-state index contributed by atoms with van der Waals surface area (Å²) in [5.74, 6) is -0.422. The van der Waals surface area contributed by atoms with Gasteiger partial charge in [0.15, 0.2) is 16.7 Å². The van der Waals surface area contributed by atoms with E-state index in [4.69, 9.17) is 16.3 Å². The van der Waals surface area contributed by atoms with Gasteiger partial charge in [0.1, 0.15) is 5.82 Å². The number of methoxy groups -OCH3 is 1. The number of imidazole rings is 1. The number of carbonyl (C=O) groups is 1. The van der Waals surface area contributed by atoms with Crippen molar-refractivity contribution >= 4 is 39.4 Å². The molecule has 4 aromatic rings. The van der Waals surface area contributed by atoms with Crippen LogP contribution < -0.4 is 14.9 Å². The fraction of sp³-hybridized carbons (Fsp3) is 0.290. The fourth-order valence-electron chi connectivity index (χ4n) is 5.04. The Bertz CT molecular complexity index is 1810. The van der Waals surface area contributed by atoms with Crippen molar-refractivity contribution in [1.29, 1.82) is 0 Å². The van der Waals surface area contributed by atoms with E-state index >= 15 is 0 Å². The quantitative estimate of drug-likeness (QED) is 0.187. The van der Waals surface area contributed by atoms with Crippen LogP contribution in [0.2, 0.25) is 5.02 Å². The first-order valence-electron chi connectivity index (χ1n) is 14.1. The number of ether oxygens (including phenoxy) is 1. The highest BCUT2D eigenvalue weighted by Crippen LogP contribution is 2.38. The Hall–Kier alpha value is -3.65. The molecule has 0 radical (unpaired) electrons. The summed E-state index contributed by atoms with van der Waals surface area (Å²) in [5, 5.41) is 2.44. The summed E-state index contributed by atoms with van der Waals surface area (Å²) in [6, 6.07) is 14.1. The number of halogens is 3. The number of aromatic nitrogens is 2. The molecule has 2 heterocycles. The number of hydrogen-bond donors (Lipinski definition) is 2. The number of carbonyl (C=O) groups excluding carboxylic acids is 1. The van der Waals surface area contributed by atoms with Crippen molar-refractivity contribution in [1.82, 2.24) is 24.7 Å². The molecule has 14 heteroatoms. The van der Waals surface area contributed by atoms with E-state index < -0.39 is 27.3 Å². The molecule has 0 unspecified atom stereocenters. The van der Waals surface area contributed by atoms with Gasteiger partial charge in [0.2, 0.25) is 0 Å². The monoisotopic (exact) mass is 675 g/mol. The molecule has 1 saturated heterocycles. The molecule has 2 amide bonds. The number of amides is 2. The minimum Gasteiger partial charge on any atom is -0.494 e. The van der Waals surface area contributed by atoms with Gasteiger partial charge < -0.3 is 4.74 Å². The lowest BCUT2D eigenvalue weighted by Crippen LogP contribution is -2.47. The molecular formula is C31H32ClF2N5O4S2. The number of hydrogen-bond acceptors (Lipinski definition) is 7. The highest BCUT2D eigenvalue weighted by Gasteiger charge is 2.31. The minimum atomic E-state index is -4.16. The van der Waals surface area contributed by atoms with Crippen LogP contribution in [0.1, 0.15) is 43.5 Å². The third-order valence-electron chi connectivity index (χ3n) is 7.61. The Labute approximate surface area is 270 Å². The molecule has 0 bridgehead atoms. The van der Waals surface area contributed by atoms with Crippen molar-refractivity contribution in [3.8, 4) is 11.4 Å². The number of thioether (sulfide) groups is 1. The molecule has 0 aliphatic carbocycles. The lowest BCUT2D eigenvalue weighted by molar-refractivity contribution is 0.202. The third-order valence-corrected chi connectivity index (χ3v) is 10.3. The maximum absolute atomic E-state index is 14.2. The van der Waals surface area contributed by atoms with E-state index in [2.05, 4.69) is 10.4 Å². The second-order valence-corrected chi connectivity index (χ2v) is 14.0. The van der Waals surface area contributed by atoms with Gasteiger partial charge in [-0.2, -0.15) is 0 Å². The summed E-state index contributed by atoms with van der Waals surface area (Å²) in [6.45, 7) is 5.26. The molecule has 0 saturated carbocycles. The highest BCUT2D eigenvalue weighted by atomic mass is 35.5. The van der Waals surface area contributed by atoms with Gasteiger partial charge in [0.05, 0.1) is 23.9 Å². The van der Waals surface area contributed by atoms with Crippen LogP contribution in [0.3, 0.4) is 0 Å². The molecule has 1 fully saturated rings. The van der Waals surface area contributed by atoms with Gasteiger partial charge in [-0.25, -0.2) is 36.7 Å². The van der Waals surface area contributed by atoms with Crippen molar-refractivity contribution < 1.29 is 26.7 Å². The normalized spacial score (nSPS) is 14.0. The van der Waals surface area contributed by atoms with Crippen molar-refractivity contribution in [3.63, 3.8) is 0 Å². The second kappa shape index (κ2) is 13.4. The van der Waals surface area contributed by atoms with Gasteiger partial charge >= 0.3 is 6.03 Å². The topological polar surface area (TPSA) is 106 Å². The minimum absolute atomic E-state index is 0.116. The summed E-state index contributed by atoms with van der Waals surface area (Å²) in [6.07, 6.45) is 3.57. The predicted molar refractivity (Wildman–Crippen MR) is 169 cm³/mol. The molecular weight excluding hydrogens is 644 g/mol. The van der Waals surface area contributed by atoms with Gasteiger partial charge in [0, 0.05) is 35.0 Å².